The maximum Gasteiger partial charge on any atom is 0.470 e. The Morgan fingerprint density at radius 3 is 1.89 bits per heavy atom. The Kier molecular flexibility index (Phi) is 3.92. The number of hydrogen-bond acceptors (Lipinski definition) is 2. The zero-order chi connectivity index (χ0) is 14.0. The van der Waals surface area contributed by atoms with Crippen LogP contribution >= 0.6 is 0 Å². The fraction of sp³-hybridized carbons (Fsp3) is 0.333. The van der Waals surface area contributed by atoms with E-state index in [4.69, 9.17) is 0 Å². The summed E-state index contributed by atoms with van der Waals surface area (Å²) in [5.41, 5.74) is 1.01. The molecule has 0 atom stereocenters. The number of anilines is 1. The molecule has 0 fully saturated rings. The summed E-state index contributed by atoms with van der Waals surface area (Å²) < 4.78 is 89.3. The molecule has 9 heteroatoms. The average molecular weight is 277 g/mol. The molecule has 0 aliphatic rings. The van der Waals surface area contributed by atoms with Gasteiger partial charge in [-0.05, 0) is 24.3 Å². The number of nitrogens with one attached hydrogen (secondary N) is 1. The van der Waals surface area contributed by atoms with Crippen molar-refractivity contribution in [2.75, 3.05) is 5.54 Å². The van der Waals surface area contributed by atoms with Gasteiger partial charge in [-0.25, -0.2) is 14.3 Å². The van der Waals surface area contributed by atoms with Crippen molar-refractivity contribution in [1.82, 2.24) is 0 Å². The summed E-state index contributed by atoms with van der Waals surface area (Å²) in [6, 6.07) is 3.23. The van der Waals surface area contributed by atoms with Crippen LogP contribution < -0.4 is 10.3 Å². The number of ether oxygens (including phenoxy) is 1. The topological polar surface area (TPSA) is 21.3 Å². The second kappa shape index (κ2) is 4.91. The SMILES string of the molecule is FNc1ccc(OC(F)(F)C(F)(F)C(F)F)cc1. The van der Waals surface area contributed by atoms with Gasteiger partial charge in [-0.2, -0.15) is 17.6 Å². The Balaban J connectivity index is 2.87. The van der Waals surface area contributed by atoms with E-state index in [-0.39, 0.29) is 5.69 Å². The number of alkyl halides is 6. The molecule has 0 aliphatic carbocycles. The third-order valence-electron chi connectivity index (χ3n) is 1.87. The first-order valence-corrected chi connectivity index (χ1v) is 4.40. The van der Waals surface area contributed by atoms with E-state index < -0.39 is 24.2 Å². The molecule has 0 radical (unpaired) electrons. The highest BCUT2D eigenvalue weighted by Crippen LogP contribution is 2.40. The van der Waals surface area contributed by atoms with Gasteiger partial charge in [0.1, 0.15) is 5.75 Å². The summed E-state index contributed by atoms with van der Waals surface area (Å²) in [7, 11) is 0. The van der Waals surface area contributed by atoms with Crippen LogP contribution in [0, 0.1) is 0 Å². The molecule has 0 unspecified atom stereocenters. The second-order valence-corrected chi connectivity index (χ2v) is 3.16. The molecule has 1 aromatic carbocycles. The standard InChI is InChI=1S/C9H6F7NO/c10-7(11)8(12,13)9(14,15)18-6-3-1-5(17-16)2-4-6/h1-4,7,17H. The highest BCUT2D eigenvalue weighted by atomic mass is 19.3. The highest BCUT2D eigenvalue weighted by Gasteiger charge is 2.66. The first-order chi connectivity index (χ1) is 8.20. The molecule has 0 bridgehead atoms. The van der Waals surface area contributed by atoms with E-state index in [1.54, 1.807) is 0 Å². The lowest BCUT2D eigenvalue weighted by atomic mass is 10.3. The molecule has 18 heavy (non-hydrogen) atoms. The predicted octanol–water partition coefficient (Wildman–Crippen LogP) is 3.86. The number of benzene rings is 1. The first-order valence-electron chi connectivity index (χ1n) is 4.40. The van der Waals surface area contributed by atoms with Crippen LogP contribution in [0.3, 0.4) is 0 Å². The van der Waals surface area contributed by atoms with Crippen molar-refractivity contribution in [2.45, 2.75) is 18.5 Å². The molecular weight excluding hydrogens is 271 g/mol. The summed E-state index contributed by atoms with van der Waals surface area (Å²) in [5.74, 6) is -6.44. The van der Waals surface area contributed by atoms with Crippen LogP contribution in [0.2, 0.25) is 0 Å². The molecule has 0 saturated heterocycles. The van der Waals surface area contributed by atoms with E-state index >= 15 is 0 Å². The van der Waals surface area contributed by atoms with E-state index in [9.17, 15) is 30.8 Å². The summed E-state index contributed by atoms with van der Waals surface area (Å²) in [6.45, 7) is 0. The maximum atomic E-state index is 12.8. The molecule has 0 spiro atoms. The van der Waals surface area contributed by atoms with E-state index in [1.807, 2.05) is 0 Å². The molecule has 2 nitrogen and oxygen atoms in total. The smallest absolute Gasteiger partial charge is 0.428 e. The van der Waals surface area contributed by atoms with Crippen LogP contribution in [-0.2, 0) is 0 Å². The van der Waals surface area contributed by atoms with Crippen molar-refractivity contribution in [3.8, 4) is 5.75 Å². The largest absolute Gasteiger partial charge is 0.470 e. The zero-order valence-corrected chi connectivity index (χ0v) is 8.44. The average Bonchev–Trinajstić information content (AvgIpc) is 2.29. The first kappa shape index (κ1) is 14.4. The van der Waals surface area contributed by atoms with Crippen LogP contribution in [0.4, 0.5) is 36.5 Å². The van der Waals surface area contributed by atoms with E-state index in [2.05, 4.69) is 4.74 Å². The minimum absolute atomic E-state index is 0.147. The van der Waals surface area contributed by atoms with Gasteiger partial charge in [-0.3, -0.25) is 0 Å². The van der Waals surface area contributed by atoms with Crippen molar-refractivity contribution >= 4 is 5.69 Å². The molecule has 0 aliphatic heterocycles. The van der Waals surface area contributed by atoms with Gasteiger partial charge in [-0.1, -0.05) is 0 Å². The number of halogens is 7. The van der Waals surface area contributed by atoms with E-state index in [0.717, 1.165) is 29.8 Å². The molecule has 102 valence electrons. The molecule has 1 aromatic rings. The summed E-state index contributed by atoms with van der Waals surface area (Å²) in [5, 5.41) is 0. The minimum atomic E-state index is -5.63. The van der Waals surface area contributed by atoms with Gasteiger partial charge in [-0.15, -0.1) is 4.48 Å². The zero-order valence-electron chi connectivity index (χ0n) is 8.44. The Morgan fingerprint density at radius 2 is 1.50 bits per heavy atom. The minimum Gasteiger partial charge on any atom is -0.428 e. The summed E-state index contributed by atoms with van der Waals surface area (Å²) in [4.78, 5) is 0. The van der Waals surface area contributed by atoms with Crippen molar-refractivity contribution in [1.29, 1.82) is 0 Å². The van der Waals surface area contributed by atoms with Gasteiger partial charge < -0.3 is 4.74 Å². The van der Waals surface area contributed by atoms with Gasteiger partial charge in [0.2, 0.25) is 0 Å². The Labute approximate surface area is 96.3 Å². The molecule has 1 rings (SSSR count). The Bertz CT molecular complexity index is 392. The quantitative estimate of drug-likeness (QED) is 0.652. The third kappa shape index (κ3) is 2.77. The van der Waals surface area contributed by atoms with Crippen molar-refractivity contribution < 1.29 is 35.6 Å². The van der Waals surface area contributed by atoms with E-state index in [0.29, 0.717) is 0 Å². The van der Waals surface area contributed by atoms with Crippen LogP contribution in [0.1, 0.15) is 0 Å². The predicted molar refractivity (Wildman–Crippen MR) is 47.7 cm³/mol. The van der Waals surface area contributed by atoms with Crippen molar-refractivity contribution in [2.24, 2.45) is 0 Å². The molecule has 0 saturated carbocycles. The van der Waals surface area contributed by atoms with Crippen LogP contribution in [0.25, 0.3) is 0 Å². The third-order valence-corrected chi connectivity index (χ3v) is 1.87. The fourth-order valence-corrected chi connectivity index (χ4v) is 0.929. The lowest BCUT2D eigenvalue weighted by molar-refractivity contribution is -0.342. The van der Waals surface area contributed by atoms with Crippen molar-refractivity contribution in [3.05, 3.63) is 24.3 Å². The second-order valence-electron chi connectivity index (χ2n) is 3.16. The van der Waals surface area contributed by atoms with Gasteiger partial charge in [0.25, 0.3) is 0 Å². The molecular formula is C9H6F7NO. The van der Waals surface area contributed by atoms with Crippen LogP contribution in [0.5, 0.6) is 5.75 Å². The monoisotopic (exact) mass is 277 g/mol. The Hall–Kier alpha value is -1.67. The van der Waals surface area contributed by atoms with Crippen LogP contribution in [0.15, 0.2) is 24.3 Å². The lowest BCUT2D eigenvalue weighted by Gasteiger charge is -2.25. The Morgan fingerprint density at radius 1 is 1.00 bits per heavy atom. The molecule has 0 heterocycles. The number of hydrogen-bond donors (Lipinski definition) is 1. The summed E-state index contributed by atoms with van der Waals surface area (Å²) >= 11 is 0. The summed E-state index contributed by atoms with van der Waals surface area (Å²) in [6.07, 6.45) is -9.97. The molecule has 1 N–H and O–H groups in total. The normalized spacial score (nSPS) is 12.7. The van der Waals surface area contributed by atoms with Gasteiger partial charge in [0, 0.05) is 0 Å². The maximum absolute atomic E-state index is 12.8. The molecule has 0 aromatic heterocycles. The van der Waals surface area contributed by atoms with Gasteiger partial charge in [0.05, 0.1) is 5.69 Å². The van der Waals surface area contributed by atoms with Crippen LogP contribution in [-0.4, -0.2) is 18.5 Å². The van der Waals surface area contributed by atoms with Gasteiger partial charge in [0.15, 0.2) is 0 Å². The fourth-order valence-electron chi connectivity index (χ4n) is 0.929. The van der Waals surface area contributed by atoms with Crippen molar-refractivity contribution in [3.63, 3.8) is 0 Å². The molecule has 0 amide bonds. The van der Waals surface area contributed by atoms with E-state index in [1.165, 1.54) is 0 Å². The lowest BCUT2D eigenvalue weighted by Crippen LogP contribution is -2.50. The number of rotatable bonds is 5. The van der Waals surface area contributed by atoms with Gasteiger partial charge >= 0.3 is 18.5 Å². The highest BCUT2D eigenvalue weighted by molar-refractivity contribution is 5.44.